The first-order valence-corrected chi connectivity index (χ1v) is 9.01. The highest BCUT2D eigenvalue weighted by molar-refractivity contribution is 9.10. The molecule has 2 bridgehead atoms. The minimum Gasteiger partial charge on any atom is -0.507 e. The predicted octanol–water partition coefficient (Wildman–Crippen LogP) is 4.65. The van der Waals surface area contributed by atoms with Crippen LogP contribution in [-0.2, 0) is 11.8 Å². The van der Waals surface area contributed by atoms with E-state index in [0.29, 0.717) is 17.7 Å². The van der Waals surface area contributed by atoms with Crippen molar-refractivity contribution in [2.24, 2.45) is 5.92 Å². The molecule has 1 aliphatic carbocycles. The molecule has 2 nitrogen and oxygen atoms in total. The molecule has 120 valence electrons. The van der Waals surface area contributed by atoms with Gasteiger partial charge >= 0.3 is 0 Å². The van der Waals surface area contributed by atoms with E-state index < -0.39 is 0 Å². The molecule has 0 unspecified atom stereocenters. The van der Waals surface area contributed by atoms with E-state index in [1.165, 1.54) is 16.7 Å². The fourth-order valence-electron chi connectivity index (χ4n) is 4.25. The molecule has 1 aromatic carbocycles. The zero-order chi connectivity index (χ0) is 16.1. The fraction of sp³-hybridized carbons (Fsp3) is 0.579. The molecule has 3 heteroatoms. The van der Waals surface area contributed by atoms with Gasteiger partial charge < -0.3 is 5.11 Å². The van der Waals surface area contributed by atoms with Crippen molar-refractivity contribution < 1.29 is 5.11 Å². The Balaban J connectivity index is 1.99. The van der Waals surface area contributed by atoms with Gasteiger partial charge in [0.25, 0.3) is 0 Å². The van der Waals surface area contributed by atoms with E-state index in [9.17, 15) is 5.11 Å². The van der Waals surface area contributed by atoms with Crippen LogP contribution in [0.2, 0.25) is 0 Å². The van der Waals surface area contributed by atoms with E-state index >= 15 is 0 Å². The first-order valence-electron chi connectivity index (χ1n) is 8.22. The molecule has 1 aliphatic heterocycles. The molecular weight excluding hydrogens is 338 g/mol. The van der Waals surface area contributed by atoms with E-state index in [0.717, 1.165) is 30.4 Å². The number of phenolic OH excluding ortho intramolecular Hbond substituents is 1. The Hall–Kier alpha value is -0.800. The van der Waals surface area contributed by atoms with Crippen LogP contribution in [0.3, 0.4) is 0 Å². The number of benzene rings is 1. The third kappa shape index (κ3) is 2.52. The summed E-state index contributed by atoms with van der Waals surface area (Å²) in [5.74, 6) is 0.984. The number of halogens is 1. The van der Waals surface area contributed by atoms with Crippen LogP contribution in [0, 0.1) is 5.92 Å². The lowest BCUT2D eigenvalue weighted by Gasteiger charge is -2.54. The minimum absolute atomic E-state index is 0.178. The Morgan fingerprint density at radius 2 is 2.18 bits per heavy atom. The Labute approximate surface area is 142 Å². The summed E-state index contributed by atoms with van der Waals surface area (Å²) >= 11 is 3.48. The van der Waals surface area contributed by atoms with E-state index in [4.69, 9.17) is 0 Å². The van der Waals surface area contributed by atoms with Gasteiger partial charge in [0, 0.05) is 12.6 Å². The number of rotatable bonds is 2. The number of phenols is 1. The van der Waals surface area contributed by atoms with Gasteiger partial charge in [-0.3, -0.25) is 4.90 Å². The summed E-state index contributed by atoms with van der Waals surface area (Å²) < 4.78 is 0.818. The maximum atomic E-state index is 10.1. The second-order valence-corrected chi connectivity index (χ2v) is 8.32. The van der Waals surface area contributed by atoms with Gasteiger partial charge in [-0.2, -0.15) is 0 Å². The molecule has 1 heterocycles. The van der Waals surface area contributed by atoms with Gasteiger partial charge in [0.15, 0.2) is 0 Å². The van der Waals surface area contributed by atoms with Crippen molar-refractivity contribution in [1.29, 1.82) is 0 Å². The standard InChI is InChI=1S/C19H26BrNO/c1-12(2)5-7-21-8-6-19(4)13(3)17(21)10-14-9-16(20)18(22)11-15(14)19/h5,9,11,13,17,22H,6-8,10H2,1-4H3/t13-,17+,19+/m1/s1. The molecule has 1 N–H and O–H groups in total. The van der Waals surface area contributed by atoms with Crippen LogP contribution in [0.25, 0.3) is 0 Å². The number of hydrogen-bond acceptors (Lipinski definition) is 2. The molecule has 1 saturated heterocycles. The SMILES string of the molecule is CC(C)=CCN1CC[C@]2(C)c3cc(O)c(Br)cc3C[C@H]1[C@H]2C. The molecule has 0 saturated carbocycles. The average Bonchev–Trinajstić information content (AvgIpc) is 2.44. The monoisotopic (exact) mass is 363 g/mol. The number of fused-ring (bicyclic) bond motifs is 4. The molecule has 1 fully saturated rings. The highest BCUT2D eigenvalue weighted by Gasteiger charge is 2.48. The highest BCUT2D eigenvalue weighted by atomic mass is 79.9. The molecule has 22 heavy (non-hydrogen) atoms. The lowest BCUT2D eigenvalue weighted by Crippen LogP contribution is -2.57. The summed E-state index contributed by atoms with van der Waals surface area (Å²) in [4.78, 5) is 2.64. The molecule has 3 rings (SSSR count). The smallest absolute Gasteiger partial charge is 0.130 e. The maximum absolute atomic E-state index is 10.1. The molecule has 0 aromatic heterocycles. The first kappa shape index (κ1) is 16.1. The van der Waals surface area contributed by atoms with E-state index in [2.05, 4.69) is 60.7 Å². The maximum Gasteiger partial charge on any atom is 0.130 e. The average molecular weight is 364 g/mol. The van der Waals surface area contributed by atoms with Crippen LogP contribution >= 0.6 is 15.9 Å². The fourth-order valence-corrected chi connectivity index (χ4v) is 4.64. The van der Waals surface area contributed by atoms with Crippen LogP contribution in [0.5, 0.6) is 5.75 Å². The molecule has 0 radical (unpaired) electrons. The Morgan fingerprint density at radius 3 is 2.86 bits per heavy atom. The Morgan fingerprint density at radius 1 is 1.45 bits per heavy atom. The number of piperidine rings is 1. The lowest BCUT2D eigenvalue weighted by atomic mass is 9.59. The second-order valence-electron chi connectivity index (χ2n) is 7.46. The third-order valence-electron chi connectivity index (χ3n) is 5.92. The van der Waals surface area contributed by atoms with Crippen LogP contribution in [0.15, 0.2) is 28.3 Å². The quantitative estimate of drug-likeness (QED) is 0.773. The lowest BCUT2D eigenvalue weighted by molar-refractivity contribution is 0.0396. The number of allylic oxidation sites excluding steroid dienone is 1. The van der Waals surface area contributed by atoms with Gasteiger partial charge in [0.05, 0.1) is 4.47 Å². The van der Waals surface area contributed by atoms with Crippen LogP contribution < -0.4 is 0 Å². The molecule has 2 aliphatic rings. The van der Waals surface area contributed by atoms with E-state index in [1.54, 1.807) is 0 Å². The van der Waals surface area contributed by atoms with Crippen molar-refractivity contribution in [3.8, 4) is 5.75 Å². The highest BCUT2D eigenvalue weighted by Crippen LogP contribution is 2.50. The summed E-state index contributed by atoms with van der Waals surface area (Å²) in [5.41, 5.74) is 4.33. The Kier molecular flexibility index (Phi) is 4.15. The second kappa shape index (κ2) is 5.68. The zero-order valence-electron chi connectivity index (χ0n) is 14.0. The normalized spacial score (nSPS) is 30.8. The van der Waals surface area contributed by atoms with Gasteiger partial charge in [0.2, 0.25) is 0 Å². The van der Waals surface area contributed by atoms with Crippen molar-refractivity contribution in [3.63, 3.8) is 0 Å². The van der Waals surface area contributed by atoms with Crippen LogP contribution in [0.4, 0.5) is 0 Å². The predicted molar refractivity (Wildman–Crippen MR) is 95.4 cm³/mol. The van der Waals surface area contributed by atoms with Gasteiger partial charge in [-0.1, -0.05) is 25.5 Å². The number of likely N-dealkylation sites (tertiary alicyclic amines) is 1. The minimum atomic E-state index is 0.178. The third-order valence-corrected chi connectivity index (χ3v) is 6.56. The van der Waals surface area contributed by atoms with E-state index in [1.807, 2.05) is 6.07 Å². The van der Waals surface area contributed by atoms with Crippen molar-refractivity contribution >= 4 is 15.9 Å². The molecule has 1 aromatic rings. The molecular formula is C19H26BrNO. The summed E-state index contributed by atoms with van der Waals surface area (Å²) in [6.07, 6.45) is 4.59. The Bertz CT molecular complexity index is 620. The summed E-state index contributed by atoms with van der Waals surface area (Å²) in [6, 6.07) is 4.72. The van der Waals surface area contributed by atoms with Crippen LogP contribution in [-0.4, -0.2) is 29.1 Å². The summed E-state index contributed by atoms with van der Waals surface area (Å²) in [6.45, 7) is 11.3. The van der Waals surface area contributed by atoms with Crippen molar-refractivity contribution in [1.82, 2.24) is 4.90 Å². The topological polar surface area (TPSA) is 23.5 Å². The van der Waals surface area contributed by atoms with Crippen molar-refractivity contribution in [3.05, 3.63) is 39.4 Å². The van der Waals surface area contributed by atoms with Gasteiger partial charge in [-0.25, -0.2) is 0 Å². The zero-order valence-corrected chi connectivity index (χ0v) is 15.6. The molecule has 0 amide bonds. The first-order chi connectivity index (χ1) is 10.3. The molecule has 0 spiro atoms. The number of nitrogens with zero attached hydrogens (tertiary/aromatic N) is 1. The summed E-state index contributed by atoms with van der Waals surface area (Å²) in [5, 5.41) is 10.1. The largest absolute Gasteiger partial charge is 0.507 e. The van der Waals surface area contributed by atoms with Crippen molar-refractivity contribution in [2.45, 2.75) is 52.0 Å². The number of aromatic hydroxyl groups is 1. The van der Waals surface area contributed by atoms with E-state index in [-0.39, 0.29) is 5.41 Å². The van der Waals surface area contributed by atoms with Gasteiger partial charge in [-0.15, -0.1) is 0 Å². The number of hydrogen-bond donors (Lipinski definition) is 1. The summed E-state index contributed by atoms with van der Waals surface area (Å²) in [7, 11) is 0. The van der Waals surface area contributed by atoms with Gasteiger partial charge in [-0.05, 0) is 83.8 Å². The van der Waals surface area contributed by atoms with Crippen molar-refractivity contribution in [2.75, 3.05) is 13.1 Å². The van der Waals surface area contributed by atoms with Crippen LogP contribution in [0.1, 0.15) is 45.2 Å². The molecule has 3 atom stereocenters. The van der Waals surface area contributed by atoms with Gasteiger partial charge in [0.1, 0.15) is 5.75 Å².